The van der Waals surface area contributed by atoms with Crippen LogP contribution in [-0.2, 0) is 10.2 Å². The number of carbonyl (C=O) groups is 1. The van der Waals surface area contributed by atoms with Crippen molar-refractivity contribution in [1.29, 1.82) is 0 Å². The fourth-order valence-electron chi connectivity index (χ4n) is 3.85. The van der Waals surface area contributed by atoms with E-state index in [0.29, 0.717) is 10.9 Å². The lowest BCUT2D eigenvalue weighted by Gasteiger charge is -2.09. The van der Waals surface area contributed by atoms with Crippen molar-refractivity contribution in [2.45, 2.75) is 18.3 Å². The molecule has 100 valence electrons. The lowest BCUT2D eigenvalue weighted by atomic mass is 9.91. The Bertz CT molecular complexity index is 712. The molecule has 2 nitrogen and oxygen atoms in total. The Labute approximate surface area is 122 Å². The predicted octanol–water partition coefficient (Wildman–Crippen LogP) is 3.96. The Balaban J connectivity index is 1.87. The summed E-state index contributed by atoms with van der Waals surface area (Å²) in [7, 11) is 0. The second-order valence-electron chi connectivity index (χ2n) is 5.69. The summed E-state index contributed by atoms with van der Waals surface area (Å²) in [5.41, 5.74) is 2.76. The third-order valence-electron chi connectivity index (χ3n) is 4.81. The molecule has 1 aliphatic heterocycles. The zero-order valence-corrected chi connectivity index (χ0v) is 11.8. The minimum atomic E-state index is -0.429. The van der Waals surface area contributed by atoms with Gasteiger partial charge < -0.3 is 5.32 Å². The van der Waals surface area contributed by atoms with Crippen molar-refractivity contribution in [3.63, 3.8) is 0 Å². The minimum absolute atomic E-state index is 0.108. The summed E-state index contributed by atoms with van der Waals surface area (Å²) in [5, 5.41) is 3.70. The summed E-state index contributed by atoms with van der Waals surface area (Å²) in [6, 6.07) is 15.9. The summed E-state index contributed by atoms with van der Waals surface area (Å²) in [4.78, 5) is 12.6. The van der Waals surface area contributed by atoms with Crippen LogP contribution < -0.4 is 5.32 Å². The molecule has 1 amide bonds. The van der Waals surface area contributed by atoms with E-state index < -0.39 is 5.41 Å². The van der Waals surface area contributed by atoms with Gasteiger partial charge >= 0.3 is 0 Å². The topological polar surface area (TPSA) is 29.1 Å². The molecule has 3 atom stereocenters. The Morgan fingerprint density at radius 1 is 1.15 bits per heavy atom. The molecule has 3 heteroatoms. The van der Waals surface area contributed by atoms with Crippen LogP contribution in [0.1, 0.15) is 24.0 Å². The first kappa shape index (κ1) is 12.0. The van der Waals surface area contributed by atoms with Gasteiger partial charge in [0.2, 0.25) is 5.91 Å². The van der Waals surface area contributed by atoms with Crippen molar-refractivity contribution < 1.29 is 4.79 Å². The van der Waals surface area contributed by atoms with Gasteiger partial charge in [0.25, 0.3) is 0 Å². The molecule has 20 heavy (non-hydrogen) atoms. The van der Waals surface area contributed by atoms with Gasteiger partial charge in [0.1, 0.15) is 0 Å². The van der Waals surface area contributed by atoms with Gasteiger partial charge in [-0.1, -0.05) is 48.9 Å². The highest BCUT2D eigenvalue weighted by Crippen LogP contribution is 2.69. The standard InChI is InChI=1S/C17H14ClNO/c1-10-15(11-5-3-2-4-6-11)17(10)13-9-12(18)7-8-14(13)19-16(17)20/h2-10,15H,1H3,(H,19,20)/t10-,15-,17-/m1/s1. The van der Waals surface area contributed by atoms with Gasteiger partial charge in [0, 0.05) is 16.6 Å². The number of nitrogens with one attached hydrogen (secondary N) is 1. The van der Waals surface area contributed by atoms with E-state index in [9.17, 15) is 4.79 Å². The third-order valence-corrected chi connectivity index (χ3v) is 5.04. The molecule has 1 fully saturated rings. The first-order valence-corrected chi connectivity index (χ1v) is 7.20. The van der Waals surface area contributed by atoms with Crippen LogP contribution in [0.15, 0.2) is 48.5 Å². The summed E-state index contributed by atoms with van der Waals surface area (Å²) in [6.07, 6.45) is 0. The monoisotopic (exact) mass is 283 g/mol. The van der Waals surface area contributed by atoms with Crippen molar-refractivity contribution in [2.24, 2.45) is 5.92 Å². The average Bonchev–Trinajstić information content (AvgIpc) is 2.98. The number of hydrogen-bond acceptors (Lipinski definition) is 1. The molecular weight excluding hydrogens is 270 g/mol. The molecule has 1 saturated carbocycles. The van der Waals surface area contributed by atoms with E-state index in [-0.39, 0.29) is 11.8 Å². The van der Waals surface area contributed by atoms with E-state index in [1.54, 1.807) is 0 Å². The molecule has 1 N–H and O–H groups in total. The number of fused-ring (bicyclic) bond motifs is 2. The molecule has 2 aliphatic rings. The lowest BCUT2D eigenvalue weighted by Crippen LogP contribution is -2.22. The molecule has 1 spiro atoms. The van der Waals surface area contributed by atoms with E-state index in [1.165, 1.54) is 5.56 Å². The first-order chi connectivity index (χ1) is 9.65. The van der Waals surface area contributed by atoms with Gasteiger partial charge in [-0.15, -0.1) is 0 Å². The van der Waals surface area contributed by atoms with E-state index in [4.69, 9.17) is 11.6 Å². The third kappa shape index (κ3) is 1.32. The summed E-state index contributed by atoms with van der Waals surface area (Å²) < 4.78 is 0. The van der Waals surface area contributed by atoms with Gasteiger partial charge in [-0.25, -0.2) is 0 Å². The number of amides is 1. The lowest BCUT2D eigenvalue weighted by molar-refractivity contribution is -0.118. The Kier molecular flexibility index (Phi) is 2.31. The van der Waals surface area contributed by atoms with Crippen molar-refractivity contribution in [3.05, 3.63) is 64.7 Å². The fraction of sp³-hybridized carbons (Fsp3) is 0.235. The van der Waals surface area contributed by atoms with Gasteiger partial charge in [-0.2, -0.15) is 0 Å². The molecule has 0 radical (unpaired) electrons. The number of halogens is 1. The molecule has 1 heterocycles. The van der Waals surface area contributed by atoms with Crippen LogP contribution in [0.3, 0.4) is 0 Å². The molecule has 0 saturated heterocycles. The predicted molar refractivity (Wildman–Crippen MR) is 80.1 cm³/mol. The molecule has 4 rings (SSSR count). The Morgan fingerprint density at radius 2 is 1.90 bits per heavy atom. The minimum Gasteiger partial charge on any atom is -0.325 e. The van der Waals surface area contributed by atoms with Crippen molar-refractivity contribution in [3.8, 4) is 0 Å². The van der Waals surface area contributed by atoms with Gasteiger partial charge in [0.05, 0.1) is 5.41 Å². The second kappa shape index (κ2) is 3.86. The maximum absolute atomic E-state index is 12.6. The number of carbonyl (C=O) groups excluding carboxylic acids is 1. The van der Waals surface area contributed by atoms with Crippen molar-refractivity contribution >= 4 is 23.2 Å². The fourth-order valence-corrected chi connectivity index (χ4v) is 4.02. The number of benzene rings is 2. The van der Waals surface area contributed by atoms with E-state index in [0.717, 1.165) is 11.3 Å². The quantitative estimate of drug-likeness (QED) is 0.843. The molecule has 0 bridgehead atoms. The Morgan fingerprint density at radius 3 is 2.65 bits per heavy atom. The molecule has 2 aromatic rings. The van der Waals surface area contributed by atoms with Gasteiger partial charge in [-0.05, 0) is 35.2 Å². The smallest absolute Gasteiger partial charge is 0.236 e. The van der Waals surface area contributed by atoms with E-state index in [1.807, 2.05) is 36.4 Å². The van der Waals surface area contributed by atoms with Gasteiger partial charge in [-0.3, -0.25) is 4.79 Å². The largest absolute Gasteiger partial charge is 0.325 e. The highest BCUT2D eigenvalue weighted by Gasteiger charge is 2.71. The average molecular weight is 284 g/mol. The van der Waals surface area contributed by atoms with Crippen LogP contribution in [0.4, 0.5) is 5.69 Å². The van der Waals surface area contributed by atoms with Crippen LogP contribution >= 0.6 is 11.6 Å². The maximum atomic E-state index is 12.6. The zero-order chi connectivity index (χ0) is 13.9. The van der Waals surface area contributed by atoms with Crippen LogP contribution in [0, 0.1) is 5.92 Å². The van der Waals surface area contributed by atoms with Crippen LogP contribution in [-0.4, -0.2) is 5.91 Å². The zero-order valence-electron chi connectivity index (χ0n) is 11.1. The summed E-state index contributed by atoms with van der Waals surface area (Å²) >= 11 is 6.13. The van der Waals surface area contributed by atoms with Gasteiger partial charge in [0.15, 0.2) is 0 Å². The molecule has 1 aliphatic carbocycles. The van der Waals surface area contributed by atoms with Crippen molar-refractivity contribution in [2.75, 3.05) is 5.32 Å². The normalized spacial score (nSPS) is 30.2. The second-order valence-corrected chi connectivity index (χ2v) is 6.13. The number of hydrogen-bond donors (Lipinski definition) is 1. The molecule has 0 unspecified atom stereocenters. The molecule has 2 aromatic carbocycles. The van der Waals surface area contributed by atoms with Crippen LogP contribution in [0.25, 0.3) is 0 Å². The molecular formula is C17H14ClNO. The molecule has 0 aromatic heterocycles. The van der Waals surface area contributed by atoms with Crippen molar-refractivity contribution in [1.82, 2.24) is 0 Å². The SMILES string of the molecule is C[C@@H]1[C@H](c2ccccc2)[C@@]12C(=O)Nc1ccc(Cl)cc12. The first-order valence-electron chi connectivity index (χ1n) is 6.82. The Hall–Kier alpha value is -1.80. The summed E-state index contributed by atoms with van der Waals surface area (Å²) in [5.74, 6) is 0.643. The number of rotatable bonds is 1. The maximum Gasteiger partial charge on any atom is 0.236 e. The number of anilines is 1. The van der Waals surface area contributed by atoms with Crippen LogP contribution in [0.5, 0.6) is 0 Å². The van der Waals surface area contributed by atoms with E-state index in [2.05, 4.69) is 24.4 Å². The van der Waals surface area contributed by atoms with E-state index >= 15 is 0 Å². The summed E-state index contributed by atoms with van der Waals surface area (Å²) in [6.45, 7) is 2.15. The highest BCUT2D eigenvalue weighted by atomic mass is 35.5. The highest BCUT2D eigenvalue weighted by molar-refractivity contribution is 6.31. The van der Waals surface area contributed by atoms with Crippen LogP contribution in [0.2, 0.25) is 5.02 Å².